The van der Waals surface area contributed by atoms with Crippen molar-refractivity contribution in [2.24, 2.45) is 0 Å². The van der Waals surface area contributed by atoms with Gasteiger partial charge in [-0.1, -0.05) is 0 Å². The monoisotopic (exact) mass is 236 g/mol. The van der Waals surface area contributed by atoms with E-state index in [9.17, 15) is 13.2 Å². The van der Waals surface area contributed by atoms with Crippen molar-refractivity contribution in [3.63, 3.8) is 0 Å². The van der Waals surface area contributed by atoms with Gasteiger partial charge in [0.2, 0.25) is 0 Å². The van der Waals surface area contributed by atoms with Crippen LogP contribution in [0, 0.1) is 0 Å². The SMILES string of the molecule is O[C@@H](Cc1cn2ccsc2n1)C(F)(F)F. The lowest BCUT2D eigenvalue weighted by molar-refractivity contribution is -0.203. The zero-order valence-corrected chi connectivity index (χ0v) is 8.22. The molecule has 0 aliphatic heterocycles. The Bertz CT molecular complexity index is 433. The van der Waals surface area contributed by atoms with Gasteiger partial charge in [0, 0.05) is 24.2 Å². The number of hydrogen-bond acceptors (Lipinski definition) is 3. The number of aliphatic hydroxyl groups excluding tert-OH is 1. The first-order valence-corrected chi connectivity index (χ1v) is 5.00. The molecule has 0 aromatic carbocycles. The van der Waals surface area contributed by atoms with Gasteiger partial charge in [-0.25, -0.2) is 4.98 Å². The topological polar surface area (TPSA) is 37.5 Å². The van der Waals surface area contributed by atoms with Crippen LogP contribution in [0.4, 0.5) is 13.2 Å². The van der Waals surface area contributed by atoms with Crippen LogP contribution in [0.5, 0.6) is 0 Å². The maximum atomic E-state index is 12.0. The smallest absolute Gasteiger partial charge is 0.383 e. The van der Waals surface area contributed by atoms with Crippen molar-refractivity contribution in [1.82, 2.24) is 9.38 Å². The minimum absolute atomic E-state index is 0.242. The van der Waals surface area contributed by atoms with Crippen molar-refractivity contribution in [2.75, 3.05) is 0 Å². The predicted molar refractivity (Wildman–Crippen MR) is 48.8 cm³/mol. The van der Waals surface area contributed by atoms with Crippen LogP contribution in [0.3, 0.4) is 0 Å². The van der Waals surface area contributed by atoms with Crippen LogP contribution < -0.4 is 0 Å². The van der Waals surface area contributed by atoms with E-state index in [0.717, 1.165) is 0 Å². The summed E-state index contributed by atoms with van der Waals surface area (Å²) in [5, 5.41) is 10.6. The minimum Gasteiger partial charge on any atom is -0.383 e. The first-order chi connectivity index (χ1) is 6.97. The number of fused-ring (bicyclic) bond motifs is 1. The molecule has 0 saturated heterocycles. The first-order valence-electron chi connectivity index (χ1n) is 4.12. The second kappa shape index (κ2) is 3.49. The molecule has 2 aromatic rings. The Morgan fingerprint density at radius 1 is 1.53 bits per heavy atom. The fourth-order valence-corrected chi connectivity index (χ4v) is 1.91. The molecule has 0 aliphatic carbocycles. The molecule has 0 amide bonds. The van der Waals surface area contributed by atoms with Crippen LogP contribution in [0.2, 0.25) is 0 Å². The van der Waals surface area contributed by atoms with Gasteiger partial charge >= 0.3 is 6.18 Å². The van der Waals surface area contributed by atoms with Crippen molar-refractivity contribution in [1.29, 1.82) is 0 Å². The quantitative estimate of drug-likeness (QED) is 0.864. The summed E-state index contributed by atoms with van der Waals surface area (Å²) in [5.74, 6) is 0. The Labute approximate surface area is 86.8 Å². The molecule has 1 N–H and O–H groups in total. The number of aromatic nitrogens is 2. The van der Waals surface area contributed by atoms with Gasteiger partial charge in [-0.05, 0) is 0 Å². The zero-order chi connectivity index (χ0) is 11.1. The summed E-state index contributed by atoms with van der Waals surface area (Å²) in [5.41, 5.74) is 0.242. The Hall–Kier alpha value is -1.08. The van der Waals surface area contributed by atoms with Crippen LogP contribution in [-0.2, 0) is 6.42 Å². The molecule has 15 heavy (non-hydrogen) atoms. The zero-order valence-electron chi connectivity index (χ0n) is 7.40. The summed E-state index contributed by atoms with van der Waals surface area (Å²) in [4.78, 5) is 4.57. The van der Waals surface area contributed by atoms with E-state index >= 15 is 0 Å². The average Bonchev–Trinajstić information content (AvgIpc) is 2.61. The average molecular weight is 236 g/mol. The Morgan fingerprint density at radius 2 is 2.27 bits per heavy atom. The summed E-state index contributed by atoms with van der Waals surface area (Å²) in [7, 11) is 0. The number of halogens is 3. The molecule has 2 aromatic heterocycles. The van der Waals surface area contributed by atoms with E-state index in [0.29, 0.717) is 4.96 Å². The lowest BCUT2D eigenvalue weighted by Gasteiger charge is -2.12. The van der Waals surface area contributed by atoms with Crippen molar-refractivity contribution in [3.8, 4) is 0 Å². The second-order valence-electron chi connectivity index (χ2n) is 3.09. The van der Waals surface area contributed by atoms with Gasteiger partial charge in [0.25, 0.3) is 0 Å². The Morgan fingerprint density at radius 3 is 2.87 bits per heavy atom. The molecule has 82 valence electrons. The molecule has 1 atom stereocenters. The van der Waals surface area contributed by atoms with E-state index in [4.69, 9.17) is 5.11 Å². The fourth-order valence-electron chi connectivity index (χ4n) is 1.19. The molecule has 0 aliphatic rings. The molecule has 3 nitrogen and oxygen atoms in total. The third-order valence-corrected chi connectivity index (χ3v) is 2.69. The van der Waals surface area contributed by atoms with Crippen LogP contribution >= 0.6 is 11.3 Å². The molecular weight excluding hydrogens is 229 g/mol. The van der Waals surface area contributed by atoms with E-state index in [1.165, 1.54) is 17.5 Å². The highest BCUT2D eigenvalue weighted by Gasteiger charge is 2.38. The molecule has 0 spiro atoms. The van der Waals surface area contributed by atoms with Crippen molar-refractivity contribution in [2.45, 2.75) is 18.7 Å². The number of aliphatic hydroxyl groups is 1. The van der Waals surface area contributed by atoms with E-state index in [1.807, 2.05) is 0 Å². The van der Waals surface area contributed by atoms with Gasteiger partial charge < -0.3 is 5.11 Å². The highest BCUT2D eigenvalue weighted by molar-refractivity contribution is 7.15. The molecule has 2 rings (SSSR count). The van der Waals surface area contributed by atoms with Gasteiger partial charge in [-0.3, -0.25) is 4.40 Å². The van der Waals surface area contributed by atoms with Gasteiger partial charge in [-0.2, -0.15) is 13.2 Å². The summed E-state index contributed by atoms with van der Waals surface area (Å²) in [6.07, 6.45) is -4.24. The highest BCUT2D eigenvalue weighted by Crippen LogP contribution is 2.23. The number of imidazole rings is 1. The van der Waals surface area contributed by atoms with Gasteiger partial charge in [0.1, 0.15) is 0 Å². The van der Waals surface area contributed by atoms with Crippen LogP contribution in [0.25, 0.3) is 4.96 Å². The summed E-state index contributed by atoms with van der Waals surface area (Å²) in [6.45, 7) is 0. The van der Waals surface area contributed by atoms with Gasteiger partial charge in [-0.15, -0.1) is 11.3 Å². The molecule has 7 heteroatoms. The number of hydrogen-bond donors (Lipinski definition) is 1. The molecular formula is C8H7F3N2OS. The molecule has 0 unspecified atom stereocenters. The van der Waals surface area contributed by atoms with Crippen molar-refractivity contribution >= 4 is 16.3 Å². The lowest BCUT2D eigenvalue weighted by Crippen LogP contribution is -2.30. The molecule has 0 bridgehead atoms. The van der Waals surface area contributed by atoms with Crippen LogP contribution in [0.1, 0.15) is 5.69 Å². The maximum Gasteiger partial charge on any atom is 0.414 e. The number of nitrogens with zero attached hydrogens (tertiary/aromatic N) is 2. The molecule has 0 radical (unpaired) electrons. The van der Waals surface area contributed by atoms with E-state index in [-0.39, 0.29) is 5.69 Å². The number of thiazole rings is 1. The first kappa shape index (κ1) is 10.4. The highest BCUT2D eigenvalue weighted by atomic mass is 32.1. The van der Waals surface area contributed by atoms with Gasteiger partial charge in [0.15, 0.2) is 11.1 Å². The fraction of sp³-hybridized carbons (Fsp3) is 0.375. The maximum absolute atomic E-state index is 12.0. The van der Waals surface area contributed by atoms with E-state index in [1.54, 1.807) is 16.0 Å². The van der Waals surface area contributed by atoms with Crippen molar-refractivity contribution in [3.05, 3.63) is 23.5 Å². The normalized spacial score (nSPS) is 14.7. The van der Waals surface area contributed by atoms with Crippen LogP contribution in [0.15, 0.2) is 17.8 Å². The molecule has 0 fully saturated rings. The standard InChI is InChI=1S/C8H7F3N2OS/c9-8(10,11)6(14)3-5-4-13-1-2-15-7(13)12-5/h1-2,4,6,14H,3H2/t6-/m0/s1. The van der Waals surface area contributed by atoms with Gasteiger partial charge in [0.05, 0.1) is 5.69 Å². The van der Waals surface area contributed by atoms with E-state index < -0.39 is 18.7 Å². The third kappa shape index (κ3) is 2.13. The number of rotatable bonds is 2. The predicted octanol–water partition coefficient (Wildman–Crippen LogP) is 1.86. The summed E-state index contributed by atoms with van der Waals surface area (Å²) < 4.78 is 37.7. The third-order valence-electron chi connectivity index (χ3n) is 1.92. The number of alkyl halides is 3. The Kier molecular flexibility index (Phi) is 2.43. The summed E-state index contributed by atoms with van der Waals surface area (Å²) >= 11 is 1.33. The summed E-state index contributed by atoms with van der Waals surface area (Å²) in [6, 6.07) is 0. The minimum atomic E-state index is -4.59. The Balaban J connectivity index is 2.16. The van der Waals surface area contributed by atoms with Crippen LogP contribution in [-0.4, -0.2) is 26.8 Å². The van der Waals surface area contributed by atoms with E-state index in [2.05, 4.69) is 4.98 Å². The lowest BCUT2D eigenvalue weighted by atomic mass is 10.2. The molecule has 0 saturated carbocycles. The molecule has 2 heterocycles. The second-order valence-corrected chi connectivity index (χ2v) is 3.96. The largest absolute Gasteiger partial charge is 0.414 e. The van der Waals surface area contributed by atoms with Crippen molar-refractivity contribution < 1.29 is 18.3 Å².